The second kappa shape index (κ2) is 4.01. The number of rotatable bonds is 2. The molecule has 2 atom stereocenters. The summed E-state index contributed by atoms with van der Waals surface area (Å²) in [5.74, 6) is 0.508. The van der Waals surface area contributed by atoms with Gasteiger partial charge in [-0.3, -0.25) is 0 Å². The number of nitrogens with zero attached hydrogens (tertiary/aromatic N) is 2. The Hall–Kier alpha value is -0.170. The molecule has 0 bridgehead atoms. The van der Waals surface area contributed by atoms with E-state index in [1.54, 1.807) is 18.4 Å². The van der Waals surface area contributed by atoms with Crippen LogP contribution in [0.1, 0.15) is 12.8 Å². The van der Waals surface area contributed by atoms with Gasteiger partial charge in [0.1, 0.15) is 0 Å². The van der Waals surface area contributed by atoms with Crippen molar-refractivity contribution in [3.63, 3.8) is 0 Å². The first-order valence-corrected chi connectivity index (χ1v) is 6.83. The molecule has 2 fully saturated rings. The van der Waals surface area contributed by atoms with E-state index in [0.29, 0.717) is 12.5 Å². The summed E-state index contributed by atoms with van der Waals surface area (Å²) >= 11 is 0. The first-order valence-electron chi connectivity index (χ1n) is 5.43. The highest BCUT2D eigenvalue weighted by atomic mass is 32.2. The molecule has 2 rings (SSSR count). The maximum absolute atomic E-state index is 12.1. The van der Waals surface area contributed by atoms with E-state index >= 15 is 0 Å². The summed E-state index contributed by atoms with van der Waals surface area (Å²) in [5.41, 5.74) is 0. The van der Waals surface area contributed by atoms with Gasteiger partial charge in [0.2, 0.25) is 0 Å². The Bertz CT molecular complexity index is 328. The normalized spacial score (nSPS) is 33.3. The first kappa shape index (κ1) is 11.3. The third-order valence-corrected chi connectivity index (χ3v) is 5.35. The van der Waals surface area contributed by atoms with Gasteiger partial charge >= 0.3 is 0 Å². The van der Waals surface area contributed by atoms with Gasteiger partial charge in [-0.15, -0.1) is 0 Å². The molecule has 2 heterocycles. The lowest BCUT2D eigenvalue weighted by atomic mass is 9.94. The van der Waals surface area contributed by atoms with Gasteiger partial charge in [-0.05, 0) is 25.3 Å². The van der Waals surface area contributed by atoms with Crippen LogP contribution in [-0.4, -0.2) is 56.8 Å². The number of piperidine rings is 1. The van der Waals surface area contributed by atoms with E-state index in [9.17, 15) is 8.42 Å². The maximum Gasteiger partial charge on any atom is 0.281 e. The van der Waals surface area contributed by atoms with E-state index in [4.69, 9.17) is 0 Å². The second-order valence-electron chi connectivity index (χ2n) is 4.53. The van der Waals surface area contributed by atoms with E-state index in [1.165, 1.54) is 4.31 Å². The predicted octanol–water partition coefficient (Wildman–Crippen LogP) is -0.523. The van der Waals surface area contributed by atoms with Crippen LogP contribution in [0.2, 0.25) is 0 Å². The highest BCUT2D eigenvalue weighted by molar-refractivity contribution is 7.86. The van der Waals surface area contributed by atoms with Crippen molar-refractivity contribution in [2.75, 3.05) is 33.7 Å². The fraction of sp³-hybridized carbons (Fsp3) is 1.00. The summed E-state index contributed by atoms with van der Waals surface area (Å²) in [6.07, 6.45) is 2.13. The summed E-state index contributed by atoms with van der Waals surface area (Å²) < 4.78 is 27.1. The van der Waals surface area contributed by atoms with Crippen LogP contribution in [0.4, 0.5) is 0 Å². The van der Waals surface area contributed by atoms with Crippen LogP contribution in [0, 0.1) is 5.92 Å². The molecule has 0 aromatic heterocycles. The summed E-state index contributed by atoms with van der Waals surface area (Å²) in [6.45, 7) is 2.44. The molecule has 2 aliphatic heterocycles. The second-order valence-corrected chi connectivity index (χ2v) is 6.62. The Labute approximate surface area is 91.6 Å². The fourth-order valence-corrected chi connectivity index (χ4v) is 3.89. The molecule has 2 aliphatic rings. The van der Waals surface area contributed by atoms with Crippen molar-refractivity contribution in [1.82, 2.24) is 13.9 Å². The van der Waals surface area contributed by atoms with Crippen molar-refractivity contribution in [2.24, 2.45) is 5.92 Å². The highest BCUT2D eigenvalue weighted by Crippen LogP contribution is 2.28. The monoisotopic (exact) mass is 233 g/mol. The molecule has 15 heavy (non-hydrogen) atoms. The largest absolute Gasteiger partial charge is 0.315 e. The Morgan fingerprint density at radius 1 is 1.33 bits per heavy atom. The van der Waals surface area contributed by atoms with Crippen molar-refractivity contribution in [2.45, 2.75) is 18.9 Å². The predicted molar refractivity (Wildman–Crippen MR) is 58.7 cm³/mol. The van der Waals surface area contributed by atoms with Crippen LogP contribution in [-0.2, 0) is 10.2 Å². The van der Waals surface area contributed by atoms with Crippen molar-refractivity contribution in [1.29, 1.82) is 0 Å². The van der Waals surface area contributed by atoms with E-state index in [2.05, 4.69) is 5.32 Å². The van der Waals surface area contributed by atoms with Crippen LogP contribution in [0.3, 0.4) is 0 Å². The lowest BCUT2D eigenvalue weighted by molar-refractivity contribution is 0.208. The van der Waals surface area contributed by atoms with Crippen LogP contribution in [0.15, 0.2) is 0 Å². The molecule has 0 aliphatic carbocycles. The van der Waals surface area contributed by atoms with E-state index in [1.807, 2.05) is 0 Å². The molecule has 0 spiro atoms. The van der Waals surface area contributed by atoms with Gasteiger partial charge in [0, 0.05) is 33.2 Å². The lowest BCUT2D eigenvalue weighted by Gasteiger charge is -2.37. The molecule has 6 heteroatoms. The quantitative estimate of drug-likeness (QED) is 0.698. The van der Waals surface area contributed by atoms with Gasteiger partial charge < -0.3 is 5.32 Å². The topological polar surface area (TPSA) is 52.7 Å². The molecular weight excluding hydrogens is 214 g/mol. The lowest BCUT2D eigenvalue weighted by Crippen LogP contribution is -2.51. The molecule has 0 aromatic rings. The van der Waals surface area contributed by atoms with Crippen LogP contribution in [0.25, 0.3) is 0 Å². The third-order valence-electron chi connectivity index (χ3n) is 3.39. The van der Waals surface area contributed by atoms with E-state index < -0.39 is 10.2 Å². The Morgan fingerprint density at radius 2 is 2.07 bits per heavy atom. The molecule has 2 saturated heterocycles. The molecule has 0 saturated carbocycles. The van der Waals surface area contributed by atoms with Crippen LogP contribution >= 0.6 is 0 Å². The van der Waals surface area contributed by atoms with Gasteiger partial charge in [0.15, 0.2) is 0 Å². The van der Waals surface area contributed by atoms with Gasteiger partial charge in [-0.1, -0.05) is 0 Å². The summed E-state index contributed by atoms with van der Waals surface area (Å²) in [4.78, 5) is 0. The van der Waals surface area contributed by atoms with Crippen LogP contribution < -0.4 is 5.32 Å². The molecule has 5 nitrogen and oxygen atoms in total. The first-order chi connectivity index (χ1) is 7.03. The van der Waals surface area contributed by atoms with Crippen molar-refractivity contribution >= 4 is 10.2 Å². The Morgan fingerprint density at radius 3 is 2.73 bits per heavy atom. The van der Waals surface area contributed by atoms with E-state index in [-0.39, 0.29) is 6.04 Å². The minimum Gasteiger partial charge on any atom is -0.315 e. The molecule has 88 valence electrons. The molecule has 0 aromatic carbocycles. The molecule has 2 unspecified atom stereocenters. The zero-order valence-electron chi connectivity index (χ0n) is 9.31. The average Bonchev–Trinajstić information content (AvgIpc) is 2.64. The Balaban J connectivity index is 2.21. The number of nitrogens with one attached hydrogen (secondary N) is 1. The van der Waals surface area contributed by atoms with Gasteiger partial charge in [0.05, 0.1) is 0 Å². The van der Waals surface area contributed by atoms with Crippen molar-refractivity contribution in [3.8, 4) is 0 Å². The SMILES string of the molecule is CN(C)S(=O)(=O)N1CCCC2CNCC21. The molecule has 0 amide bonds. The highest BCUT2D eigenvalue weighted by Gasteiger charge is 2.41. The smallest absolute Gasteiger partial charge is 0.281 e. The van der Waals surface area contributed by atoms with Gasteiger partial charge in [-0.2, -0.15) is 17.0 Å². The zero-order chi connectivity index (χ0) is 11.1. The van der Waals surface area contributed by atoms with Crippen molar-refractivity contribution in [3.05, 3.63) is 0 Å². The van der Waals surface area contributed by atoms with Crippen molar-refractivity contribution < 1.29 is 8.42 Å². The zero-order valence-corrected chi connectivity index (χ0v) is 10.1. The standard InChI is InChI=1S/C9H19N3O2S/c1-11(2)15(13,14)12-5-3-4-8-6-10-7-9(8)12/h8-10H,3-7H2,1-2H3. The number of hydrogen-bond donors (Lipinski definition) is 1. The molecule has 1 N–H and O–H groups in total. The minimum atomic E-state index is -3.23. The van der Waals surface area contributed by atoms with Gasteiger partial charge in [-0.25, -0.2) is 0 Å². The molecular formula is C9H19N3O2S. The number of fused-ring (bicyclic) bond motifs is 1. The average molecular weight is 233 g/mol. The Kier molecular flexibility index (Phi) is 3.03. The summed E-state index contributed by atoms with van der Waals surface area (Å²) in [7, 11) is -0.0304. The number of hydrogen-bond acceptors (Lipinski definition) is 3. The third kappa shape index (κ3) is 1.91. The van der Waals surface area contributed by atoms with Gasteiger partial charge in [0.25, 0.3) is 10.2 Å². The summed E-state index contributed by atoms with van der Waals surface area (Å²) in [5, 5.41) is 3.28. The maximum atomic E-state index is 12.1. The summed E-state index contributed by atoms with van der Waals surface area (Å²) in [6, 6.07) is 0.172. The van der Waals surface area contributed by atoms with E-state index in [0.717, 1.165) is 25.9 Å². The minimum absolute atomic E-state index is 0.172. The fourth-order valence-electron chi connectivity index (χ4n) is 2.52. The molecule has 0 radical (unpaired) electrons. The van der Waals surface area contributed by atoms with Crippen LogP contribution in [0.5, 0.6) is 0 Å².